The molecule has 0 unspecified atom stereocenters. The van der Waals surface area contributed by atoms with Crippen molar-refractivity contribution in [2.24, 2.45) is 0 Å². The van der Waals surface area contributed by atoms with Crippen LogP contribution in [0.15, 0.2) is 34.9 Å². The number of amides is 1. The van der Waals surface area contributed by atoms with Crippen LogP contribution in [0.3, 0.4) is 0 Å². The van der Waals surface area contributed by atoms with Crippen molar-refractivity contribution in [2.45, 2.75) is 0 Å². The minimum absolute atomic E-state index is 0.00842. The van der Waals surface area contributed by atoms with Crippen molar-refractivity contribution in [3.8, 4) is 11.8 Å². The van der Waals surface area contributed by atoms with Crippen LogP contribution in [0, 0.1) is 11.3 Å². The highest BCUT2D eigenvalue weighted by Crippen LogP contribution is 2.29. The molecule has 0 saturated carbocycles. The molecule has 1 amide bonds. The zero-order valence-corrected chi connectivity index (χ0v) is 10.7. The number of benzene rings is 1. The van der Waals surface area contributed by atoms with E-state index < -0.39 is 5.91 Å². The molecule has 1 N–H and O–H groups in total. The summed E-state index contributed by atoms with van der Waals surface area (Å²) in [5.41, 5.74) is 0.790. The molecule has 0 fully saturated rings. The average molecular weight is 277 g/mol. The van der Waals surface area contributed by atoms with Gasteiger partial charge in [-0.05, 0) is 29.8 Å². The van der Waals surface area contributed by atoms with Gasteiger partial charge in [-0.3, -0.25) is 4.79 Å². The zero-order valence-electron chi connectivity index (χ0n) is 9.94. The van der Waals surface area contributed by atoms with Crippen LogP contribution in [0.2, 0.25) is 5.22 Å². The molecule has 19 heavy (non-hydrogen) atoms. The fourth-order valence-electron chi connectivity index (χ4n) is 1.56. The number of nitrogens with zero attached hydrogens (tertiary/aromatic N) is 1. The van der Waals surface area contributed by atoms with E-state index in [-0.39, 0.29) is 10.8 Å². The van der Waals surface area contributed by atoms with Crippen molar-refractivity contribution in [3.05, 3.63) is 46.9 Å². The van der Waals surface area contributed by atoms with Crippen LogP contribution < -0.4 is 10.1 Å². The van der Waals surface area contributed by atoms with Crippen molar-refractivity contribution < 1.29 is 13.9 Å². The number of furan rings is 1. The van der Waals surface area contributed by atoms with Gasteiger partial charge in [-0.15, -0.1) is 0 Å². The maximum atomic E-state index is 12.0. The molecular weight excluding hydrogens is 268 g/mol. The topological polar surface area (TPSA) is 75.3 Å². The highest BCUT2D eigenvalue weighted by Gasteiger charge is 2.17. The van der Waals surface area contributed by atoms with Gasteiger partial charge in [0.2, 0.25) is 5.22 Å². The van der Waals surface area contributed by atoms with Crippen molar-refractivity contribution in [1.29, 1.82) is 5.26 Å². The van der Waals surface area contributed by atoms with Gasteiger partial charge in [0.25, 0.3) is 5.91 Å². The van der Waals surface area contributed by atoms with Crippen LogP contribution >= 0.6 is 11.6 Å². The summed E-state index contributed by atoms with van der Waals surface area (Å²) in [6, 6.07) is 8.32. The van der Waals surface area contributed by atoms with E-state index in [9.17, 15) is 4.79 Å². The van der Waals surface area contributed by atoms with E-state index >= 15 is 0 Å². The maximum Gasteiger partial charge on any atom is 0.260 e. The molecule has 1 heterocycles. The SMILES string of the molecule is COc1cccc(C#N)c1NC(=O)c1ccoc1Cl. The lowest BCUT2D eigenvalue weighted by Crippen LogP contribution is -2.13. The van der Waals surface area contributed by atoms with Gasteiger partial charge in [0.15, 0.2) is 0 Å². The number of methoxy groups -OCH3 is 1. The summed E-state index contributed by atoms with van der Waals surface area (Å²) in [6.45, 7) is 0. The number of hydrogen-bond acceptors (Lipinski definition) is 4. The lowest BCUT2D eigenvalue weighted by Gasteiger charge is -2.10. The maximum absolute atomic E-state index is 12.0. The van der Waals surface area contributed by atoms with Crippen LogP contribution in [-0.2, 0) is 0 Å². The molecule has 1 aromatic heterocycles. The monoisotopic (exact) mass is 276 g/mol. The number of ether oxygens (including phenoxy) is 1. The number of anilines is 1. The number of rotatable bonds is 3. The van der Waals surface area contributed by atoms with Gasteiger partial charge in [-0.1, -0.05) is 6.07 Å². The first-order valence-electron chi connectivity index (χ1n) is 5.28. The first-order valence-corrected chi connectivity index (χ1v) is 5.66. The highest BCUT2D eigenvalue weighted by atomic mass is 35.5. The Hall–Kier alpha value is -2.45. The quantitative estimate of drug-likeness (QED) is 0.935. The van der Waals surface area contributed by atoms with Gasteiger partial charge in [0.05, 0.1) is 24.5 Å². The molecule has 0 aliphatic rings. The van der Waals surface area contributed by atoms with Crippen LogP contribution in [0.5, 0.6) is 5.75 Å². The standard InChI is InChI=1S/C13H9ClN2O3/c1-18-10-4-2-3-8(7-15)11(10)16-13(17)9-5-6-19-12(9)14/h2-6H,1H3,(H,16,17). The first kappa shape index (κ1) is 13.0. The van der Waals surface area contributed by atoms with E-state index in [4.69, 9.17) is 26.0 Å². The Morgan fingerprint density at radius 2 is 2.26 bits per heavy atom. The van der Waals surface area contributed by atoms with Gasteiger partial charge < -0.3 is 14.5 Å². The Balaban J connectivity index is 2.36. The summed E-state index contributed by atoms with van der Waals surface area (Å²) < 4.78 is 9.96. The number of carbonyl (C=O) groups is 1. The summed E-state index contributed by atoms with van der Waals surface area (Å²) in [7, 11) is 1.46. The molecule has 0 spiro atoms. The molecule has 0 bridgehead atoms. The Kier molecular flexibility index (Phi) is 3.74. The van der Waals surface area contributed by atoms with Crippen molar-refractivity contribution in [3.63, 3.8) is 0 Å². The minimum Gasteiger partial charge on any atom is -0.495 e. The average Bonchev–Trinajstić information content (AvgIpc) is 2.85. The van der Waals surface area contributed by atoms with E-state index in [2.05, 4.69) is 5.32 Å². The second-order valence-corrected chi connectivity index (χ2v) is 3.90. The molecule has 2 rings (SSSR count). The second kappa shape index (κ2) is 5.46. The Bertz CT molecular complexity index is 658. The number of nitrogens with one attached hydrogen (secondary N) is 1. The van der Waals surface area contributed by atoms with E-state index in [1.807, 2.05) is 6.07 Å². The van der Waals surface area contributed by atoms with Gasteiger partial charge >= 0.3 is 0 Å². The molecule has 5 nitrogen and oxygen atoms in total. The number of halogens is 1. The van der Waals surface area contributed by atoms with Crippen LogP contribution in [0.1, 0.15) is 15.9 Å². The predicted molar refractivity (Wildman–Crippen MR) is 69.4 cm³/mol. The molecule has 0 saturated heterocycles. The molecular formula is C13H9ClN2O3. The van der Waals surface area contributed by atoms with E-state index in [1.54, 1.807) is 18.2 Å². The number of hydrogen-bond donors (Lipinski definition) is 1. The second-order valence-electron chi connectivity index (χ2n) is 3.56. The fraction of sp³-hybridized carbons (Fsp3) is 0.0769. The van der Waals surface area contributed by atoms with Crippen LogP contribution in [-0.4, -0.2) is 13.0 Å². The molecule has 1 aromatic carbocycles. The molecule has 96 valence electrons. The van der Waals surface area contributed by atoms with Crippen molar-refractivity contribution >= 4 is 23.2 Å². The lowest BCUT2D eigenvalue weighted by molar-refractivity contribution is 0.102. The fourth-order valence-corrected chi connectivity index (χ4v) is 1.76. The molecule has 0 radical (unpaired) electrons. The van der Waals surface area contributed by atoms with Gasteiger partial charge in [0, 0.05) is 0 Å². The minimum atomic E-state index is -0.472. The van der Waals surface area contributed by atoms with Crippen molar-refractivity contribution in [1.82, 2.24) is 0 Å². The highest BCUT2D eigenvalue weighted by molar-refractivity contribution is 6.32. The third-order valence-electron chi connectivity index (χ3n) is 2.47. The summed E-state index contributed by atoms with van der Waals surface area (Å²) in [5.74, 6) is -0.0771. The zero-order chi connectivity index (χ0) is 13.8. The number of para-hydroxylation sites is 1. The largest absolute Gasteiger partial charge is 0.495 e. The van der Waals surface area contributed by atoms with Crippen molar-refractivity contribution in [2.75, 3.05) is 12.4 Å². The Labute approximate surface area is 114 Å². The summed E-state index contributed by atoms with van der Waals surface area (Å²) in [4.78, 5) is 12.0. The van der Waals surface area contributed by atoms with Crippen LogP contribution in [0.4, 0.5) is 5.69 Å². The Morgan fingerprint density at radius 1 is 1.47 bits per heavy atom. The summed E-state index contributed by atoms with van der Waals surface area (Å²) in [6.07, 6.45) is 1.31. The normalized spacial score (nSPS) is 9.74. The van der Waals surface area contributed by atoms with E-state index in [0.29, 0.717) is 17.0 Å². The lowest BCUT2D eigenvalue weighted by atomic mass is 10.1. The summed E-state index contributed by atoms with van der Waals surface area (Å²) in [5, 5.41) is 11.6. The van der Waals surface area contributed by atoms with Gasteiger partial charge in [0.1, 0.15) is 17.5 Å². The van der Waals surface area contributed by atoms with E-state index in [1.165, 1.54) is 19.4 Å². The van der Waals surface area contributed by atoms with E-state index in [0.717, 1.165) is 0 Å². The predicted octanol–water partition coefficient (Wildman–Crippen LogP) is 3.07. The molecule has 0 atom stereocenters. The molecule has 6 heteroatoms. The Morgan fingerprint density at radius 3 is 2.84 bits per heavy atom. The number of carbonyl (C=O) groups excluding carboxylic acids is 1. The molecule has 0 aliphatic heterocycles. The van der Waals surface area contributed by atoms with Gasteiger partial charge in [-0.2, -0.15) is 5.26 Å². The summed E-state index contributed by atoms with van der Waals surface area (Å²) >= 11 is 5.72. The molecule has 2 aromatic rings. The third kappa shape index (κ3) is 2.54. The number of nitriles is 1. The van der Waals surface area contributed by atoms with Gasteiger partial charge in [-0.25, -0.2) is 0 Å². The first-order chi connectivity index (χ1) is 9.17. The smallest absolute Gasteiger partial charge is 0.260 e. The third-order valence-corrected chi connectivity index (χ3v) is 2.76. The van der Waals surface area contributed by atoms with Crippen LogP contribution in [0.25, 0.3) is 0 Å². The molecule has 0 aliphatic carbocycles.